The van der Waals surface area contributed by atoms with Crippen LogP contribution in [0.3, 0.4) is 0 Å². The molecular formula is C20H19NO3. The largest absolute Gasteiger partial charge is 0.484 e. The van der Waals surface area contributed by atoms with Crippen LogP contribution in [0.5, 0.6) is 5.75 Å². The van der Waals surface area contributed by atoms with Gasteiger partial charge in [-0.25, -0.2) is 0 Å². The van der Waals surface area contributed by atoms with E-state index in [1.165, 1.54) is 0 Å². The lowest BCUT2D eigenvalue weighted by molar-refractivity contribution is -0.123. The molecule has 1 atom stereocenters. The van der Waals surface area contributed by atoms with Gasteiger partial charge in [0.1, 0.15) is 11.5 Å². The molecule has 24 heavy (non-hydrogen) atoms. The van der Waals surface area contributed by atoms with Gasteiger partial charge >= 0.3 is 0 Å². The highest BCUT2D eigenvalue weighted by molar-refractivity contribution is 5.78. The van der Waals surface area contributed by atoms with E-state index in [0.29, 0.717) is 5.75 Å². The summed E-state index contributed by atoms with van der Waals surface area (Å²) < 4.78 is 10.8. The van der Waals surface area contributed by atoms with Crippen LogP contribution in [0.1, 0.15) is 18.7 Å². The molecule has 0 spiro atoms. The van der Waals surface area contributed by atoms with Crippen molar-refractivity contribution in [2.24, 2.45) is 0 Å². The number of ether oxygens (including phenoxy) is 1. The zero-order valence-electron chi connectivity index (χ0n) is 13.4. The van der Waals surface area contributed by atoms with Crippen LogP contribution in [0, 0.1) is 0 Å². The molecule has 1 N–H and O–H groups in total. The summed E-state index contributed by atoms with van der Waals surface area (Å²) in [5.41, 5.74) is 2.26. The lowest BCUT2D eigenvalue weighted by Gasteiger charge is -2.12. The second kappa shape index (κ2) is 7.51. The van der Waals surface area contributed by atoms with Crippen molar-refractivity contribution in [3.05, 3.63) is 78.8 Å². The molecule has 2 aromatic carbocycles. The number of furan rings is 1. The maximum absolute atomic E-state index is 11.9. The Labute approximate surface area is 141 Å². The number of rotatable bonds is 6. The first-order valence-corrected chi connectivity index (χ1v) is 7.83. The fraction of sp³-hybridized carbons (Fsp3) is 0.150. The molecule has 0 unspecified atom stereocenters. The molecule has 4 nitrogen and oxygen atoms in total. The third kappa shape index (κ3) is 4.04. The van der Waals surface area contributed by atoms with Crippen LogP contribution in [0.4, 0.5) is 0 Å². The molecule has 0 aliphatic rings. The Morgan fingerprint density at radius 3 is 2.38 bits per heavy atom. The molecule has 0 aliphatic heterocycles. The van der Waals surface area contributed by atoms with Crippen LogP contribution >= 0.6 is 0 Å². The van der Waals surface area contributed by atoms with E-state index in [0.717, 1.165) is 16.9 Å². The highest BCUT2D eigenvalue weighted by Crippen LogP contribution is 2.22. The molecule has 3 aromatic rings. The molecule has 0 fully saturated rings. The van der Waals surface area contributed by atoms with Crippen LogP contribution in [-0.2, 0) is 4.79 Å². The Kier molecular flexibility index (Phi) is 4.96. The van der Waals surface area contributed by atoms with Crippen LogP contribution < -0.4 is 10.1 Å². The van der Waals surface area contributed by atoms with Gasteiger partial charge in [-0.3, -0.25) is 4.79 Å². The predicted molar refractivity (Wildman–Crippen MR) is 92.6 cm³/mol. The Morgan fingerprint density at radius 2 is 1.71 bits per heavy atom. The van der Waals surface area contributed by atoms with Crippen LogP contribution in [0.15, 0.2) is 77.4 Å². The second-order valence-corrected chi connectivity index (χ2v) is 5.48. The summed E-state index contributed by atoms with van der Waals surface area (Å²) in [6.07, 6.45) is 1.59. The first-order chi connectivity index (χ1) is 11.7. The Morgan fingerprint density at radius 1 is 1.00 bits per heavy atom. The molecule has 0 radical (unpaired) electrons. The molecule has 0 aliphatic carbocycles. The van der Waals surface area contributed by atoms with Crippen molar-refractivity contribution in [3.63, 3.8) is 0 Å². The monoisotopic (exact) mass is 321 g/mol. The zero-order chi connectivity index (χ0) is 16.8. The van der Waals surface area contributed by atoms with E-state index in [9.17, 15) is 4.79 Å². The van der Waals surface area contributed by atoms with Gasteiger partial charge in [-0.05, 0) is 42.3 Å². The van der Waals surface area contributed by atoms with Gasteiger partial charge in [-0.2, -0.15) is 0 Å². The van der Waals surface area contributed by atoms with Crippen molar-refractivity contribution < 1.29 is 13.9 Å². The highest BCUT2D eigenvalue weighted by atomic mass is 16.5. The van der Waals surface area contributed by atoms with Crippen LogP contribution in [0.2, 0.25) is 0 Å². The maximum Gasteiger partial charge on any atom is 0.258 e. The molecule has 0 saturated heterocycles. The first-order valence-electron chi connectivity index (χ1n) is 7.83. The van der Waals surface area contributed by atoms with E-state index >= 15 is 0 Å². The molecule has 1 aromatic heterocycles. The minimum Gasteiger partial charge on any atom is -0.484 e. The number of nitrogens with one attached hydrogen (secondary N) is 1. The maximum atomic E-state index is 11.9. The fourth-order valence-corrected chi connectivity index (χ4v) is 2.42. The third-order valence-corrected chi connectivity index (χ3v) is 3.68. The molecular weight excluding hydrogens is 302 g/mol. The van der Waals surface area contributed by atoms with Gasteiger partial charge in [0.25, 0.3) is 5.91 Å². The van der Waals surface area contributed by atoms with Crippen molar-refractivity contribution in [1.29, 1.82) is 0 Å². The van der Waals surface area contributed by atoms with Crippen molar-refractivity contribution in [2.75, 3.05) is 6.61 Å². The van der Waals surface area contributed by atoms with E-state index in [-0.39, 0.29) is 18.6 Å². The van der Waals surface area contributed by atoms with E-state index in [1.54, 1.807) is 12.3 Å². The minimum atomic E-state index is -0.189. The number of benzene rings is 2. The molecule has 122 valence electrons. The van der Waals surface area contributed by atoms with Gasteiger partial charge < -0.3 is 14.5 Å². The molecule has 0 bridgehead atoms. The average molecular weight is 321 g/mol. The number of amides is 1. The summed E-state index contributed by atoms with van der Waals surface area (Å²) in [7, 11) is 0. The van der Waals surface area contributed by atoms with Gasteiger partial charge in [0, 0.05) is 0 Å². The third-order valence-electron chi connectivity index (χ3n) is 3.68. The summed E-state index contributed by atoms with van der Waals surface area (Å²) >= 11 is 0. The van der Waals surface area contributed by atoms with Crippen LogP contribution in [0.25, 0.3) is 11.1 Å². The molecule has 1 heterocycles. The summed E-state index contributed by atoms with van der Waals surface area (Å²) in [4.78, 5) is 11.9. The van der Waals surface area contributed by atoms with E-state index in [4.69, 9.17) is 9.15 Å². The quantitative estimate of drug-likeness (QED) is 0.740. The molecule has 4 heteroatoms. The Balaban J connectivity index is 1.52. The number of hydrogen-bond acceptors (Lipinski definition) is 3. The molecule has 3 rings (SSSR count). The van der Waals surface area contributed by atoms with Gasteiger partial charge in [0.2, 0.25) is 0 Å². The van der Waals surface area contributed by atoms with E-state index in [2.05, 4.69) is 17.4 Å². The lowest BCUT2D eigenvalue weighted by Crippen LogP contribution is -2.31. The summed E-state index contributed by atoms with van der Waals surface area (Å²) in [5.74, 6) is 1.19. The first kappa shape index (κ1) is 15.9. The van der Waals surface area contributed by atoms with Crippen molar-refractivity contribution in [3.8, 4) is 16.9 Å². The Bertz CT molecular complexity index is 764. The van der Waals surface area contributed by atoms with Gasteiger partial charge in [0.05, 0.1) is 12.3 Å². The van der Waals surface area contributed by atoms with Crippen molar-refractivity contribution in [2.45, 2.75) is 13.0 Å². The SMILES string of the molecule is C[C@@H](NC(=O)COc1ccc(-c2ccccc2)cc1)c1ccco1. The lowest BCUT2D eigenvalue weighted by atomic mass is 10.1. The predicted octanol–water partition coefficient (Wildman–Crippen LogP) is 4.20. The van der Waals surface area contributed by atoms with Crippen molar-refractivity contribution >= 4 is 5.91 Å². The topological polar surface area (TPSA) is 51.5 Å². The number of carbonyl (C=O) groups excluding carboxylic acids is 1. The summed E-state index contributed by atoms with van der Waals surface area (Å²) in [6, 6.07) is 21.2. The molecule has 0 saturated carbocycles. The fourth-order valence-electron chi connectivity index (χ4n) is 2.42. The van der Waals surface area contributed by atoms with E-state index in [1.807, 2.05) is 55.5 Å². The van der Waals surface area contributed by atoms with Crippen LogP contribution in [-0.4, -0.2) is 12.5 Å². The van der Waals surface area contributed by atoms with Crippen molar-refractivity contribution in [1.82, 2.24) is 5.32 Å². The highest BCUT2D eigenvalue weighted by Gasteiger charge is 2.12. The van der Waals surface area contributed by atoms with Gasteiger partial charge in [-0.15, -0.1) is 0 Å². The zero-order valence-corrected chi connectivity index (χ0v) is 13.4. The van der Waals surface area contributed by atoms with Gasteiger partial charge in [0.15, 0.2) is 6.61 Å². The smallest absolute Gasteiger partial charge is 0.258 e. The normalized spacial score (nSPS) is 11.7. The summed E-state index contributed by atoms with van der Waals surface area (Å²) in [6.45, 7) is 1.83. The summed E-state index contributed by atoms with van der Waals surface area (Å²) in [5, 5.41) is 2.83. The standard InChI is InChI=1S/C20H19NO3/c1-15(19-8-5-13-23-19)21-20(22)14-24-18-11-9-17(10-12-18)16-6-3-2-4-7-16/h2-13,15H,14H2,1H3,(H,21,22)/t15-/m1/s1. The second-order valence-electron chi connectivity index (χ2n) is 5.48. The Hall–Kier alpha value is -3.01. The number of hydrogen-bond donors (Lipinski definition) is 1. The average Bonchev–Trinajstić information content (AvgIpc) is 3.16. The minimum absolute atomic E-state index is 0.0320. The van der Waals surface area contributed by atoms with E-state index < -0.39 is 0 Å². The molecule has 1 amide bonds. The van der Waals surface area contributed by atoms with Gasteiger partial charge in [-0.1, -0.05) is 42.5 Å². The number of carbonyl (C=O) groups is 1.